The first-order valence-electron chi connectivity index (χ1n) is 9.81. The van der Waals surface area contributed by atoms with Crippen LogP contribution in [-0.2, 0) is 12.8 Å². The number of thiophene rings is 1. The van der Waals surface area contributed by atoms with Gasteiger partial charge in [0.1, 0.15) is 11.6 Å². The molecule has 0 aliphatic heterocycles. The van der Waals surface area contributed by atoms with Crippen molar-refractivity contribution < 1.29 is 8.78 Å². The van der Waals surface area contributed by atoms with Crippen LogP contribution >= 0.6 is 11.3 Å². The first-order valence-corrected chi connectivity index (χ1v) is 10.6. The summed E-state index contributed by atoms with van der Waals surface area (Å²) >= 11 is 1.45. The zero-order valence-corrected chi connectivity index (χ0v) is 16.4. The van der Waals surface area contributed by atoms with E-state index in [0.717, 1.165) is 29.2 Å². The van der Waals surface area contributed by atoms with Crippen molar-refractivity contribution in [3.63, 3.8) is 0 Å². The zero-order valence-electron chi connectivity index (χ0n) is 15.6. The molecule has 0 saturated heterocycles. The molecule has 1 fully saturated rings. The van der Waals surface area contributed by atoms with E-state index < -0.39 is 11.6 Å². The average molecular weight is 383 g/mol. The molecule has 0 radical (unpaired) electrons. The second kappa shape index (κ2) is 7.93. The average Bonchev–Trinajstić information content (AvgIpc) is 3.34. The summed E-state index contributed by atoms with van der Waals surface area (Å²) < 4.78 is 29.4. The minimum Gasteiger partial charge on any atom is -0.206 e. The predicted octanol–water partition coefficient (Wildman–Crippen LogP) is 7.66. The Kier molecular flexibility index (Phi) is 5.40. The molecule has 1 heterocycles. The molecule has 1 aliphatic rings. The summed E-state index contributed by atoms with van der Waals surface area (Å²) in [6.45, 7) is 2.04. The number of halogens is 2. The minimum atomic E-state index is -0.496. The van der Waals surface area contributed by atoms with E-state index in [1.807, 2.05) is 31.2 Å². The fourth-order valence-corrected chi connectivity index (χ4v) is 5.05. The lowest BCUT2D eigenvalue weighted by Gasteiger charge is -2.11. The van der Waals surface area contributed by atoms with Crippen LogP contribution in [0.3, 0.4) is 0 Å². The standard InChI is InChI=1S/C24H24F2S/c1-2-20-11-12-23(27-20)24-21(25)14-19(15-22(24)26)18-9-7-17(8-10-18)13-16-5-3-4-6-16/h7-12,14-16H,2-6,13H2,1H3. The predicted molar refractivity (Wildman–Crippen MR) is 110 cm³/mol. The summed E-state index contributed by atoms with van der Waals surface area (Å²) in [6.07, 6.45) is 7.32. The number of benzene rings is 2. The van der Waals surface area contributed by atoms with Gasteiger partial charge in [-0.2, -0.15) is 0 Å². The topological polar surface area (TPSA) is 0 Å². The molecule has 3 aromatic rings. The first kappa shape index (κ1) is 18.4. The Balaban J connectivity index is 1.58. The van der Waals surface area contributed by atoms with Crippen molar-refractivity contribution in [1.29, 1.82) is 0 Å². The summed E-state index contributed by atoms with van der Waals surface area (Å²) in [5.41, 5.74) is 2.85. The quantitative estimate of drug-likeness (QED) is 0.425. The molecule has 140 valence electrons. The summed E-state index contributed by atoms with van der Waals surface area (Å²) in [5.74, 6) is -0.196. The lowest BCUT2D eigenvalue weighted by molar-refractivity contribution is 0.546. The molecule has 2 aromatic carbocycles. The molecule has 0 bridgehead atoms. The highest BCUT2D eigenvalue weighted by molar-refractivity contribution is 7.15. The van der Waals surface area contributed by atoms with Gasteiger partial charge in [-0.1, -0.05) is 56.9 Å². The number of hydrogen-bond acceptors (Lipinski definition) is 1. The molecule has 3 heteroatoms. The van der Waals surface area contributed by atoms with Crippen molar-refractivity contribution in [3.05, 3.63) is 70.6 Å². The Morgan fingerprint density at radius 3 is 2.15 bits per heavy atom. The maximum atomic E-state index is 14.7. The SMILES string of the molecule is CCc1ccc(-c2c(F)cc(-c3ccc(CC4CCCC4)cc3)cc2F)s1. The van der Waals surface area contributed by atoms with Crippen LogP contribution in [0, 0.1) is 17.6 Å². The Morgan fingerprint density at radius 1 is 0.889 bits per heavy atom. The normalized spacial score (nSPS) is 14.8. The van der Waals surface area contributed by atoms with Crippen molar-refractivity contribution in [2.75, 3.05) is 0 Å². The van der Waals surface area contributed by atoms with Gasteiger partial charge in [0.15, 0.2) is 0 Å². The molecule has 0 spiro atoms. The van der Waals surface area contributed by atoms with Gasteiger partial charge in [0.05, 0.1) is 5.56 Å². The van der Waals surface area contributed by atoms with Crippen molar-refractivity contribution in [2.45, 2.75) is 45.4 Å². The lowest BCUT2D eigenvalue weighted by Crippen LogP contribution is -1.98. The maximum absolute atomic E-state index is 14.7. The fourth-order valence-electron chi connectivity index (χ4n) is 4.06. The Hall–Kier alpha value is -2.00. The third kappa shape index (κ3) is 3.98. The van der Waals surface area contributed by atoms with Crippen LogP contribution in [0.25, 0.3) is 21.6 Å². The molecule has 0 nitrogen and oxygen atoms in total. The molecule has 27 heavy (non-hydrogen) atoms. The zero-order chi connectivity index (χ0) is 18.8. The second-order valence-electron chi connectivity index (χ2n) is 7.49. The summed E-state index contributed by atoms with van der Waals surface area (Å²) in [5, 5.41) is 0. The van der Waals surface area contributed by atoms with E-state index in [-0.39, 0.29) is 5.56 Å². The molecule has 0 atom stereocenters. The van der Waals surface area contributed by atoms with Gasteiger partial charge in [-0.3, -0.25) is 0 Å². The van der Waals surface area contributed by atoms with Crippen LogP contribution < -0.4 is 0 Å². The van der Waals surface area contributed by atoms with Gasteiger partial charge in [-0.25, -0.2) is 8.78 Å². The van der Waals surface area contributed by atoms with E-state index in [2.05, 4.69) is 12.1 Å². The van der Waals surface area contributed by atoms with E-state index >= 15 is 0 Å². The highest BCUT2D eigenvalue weighted by Crippen LogP contribution is 2.35. The summed E-state index contributed by atoms with van der Waals surface area (Å²) in [7, 11) is 0. The first-order chi connectivity index (χ1) is 13.1. The minimum absolute atomic E-state index is 0.0845. The van der Waals surface area contributed by atoms with E-state index in [1.54, 1.807) is 0 Å². The van der Waals surface area contributed by atoms with E-state index in [1.165, 1.54) is 54.7 Å². The molecule has 0 unspecified atom stereocenters. The van der Waals surface area contributed by atoms with Crippen LogP contribution in [0.5, 0.6) is 0 Å². The van der Waals surface area contributed by atoms with Crippen molar-refractivity contribution in [3.8, 4) is 21.6 Å². The summed E-state index contributed by atoms with van der Waals surface area (Å²) in [4.78, 5) is 1.78. The largest absolute Gasteiger partial charge is 0.206 e. The highest BCUT2D eigenvalue weighted by atomic mass is 32.1. The van der Waals surface area contributed by atoms with Crippen molar-refractivity contribution in [1.82, 2.24) is 0 Å². The molecule has 1 saturated carbocycles. The number of hydrogen-bond donors (Lipinski definition) is 0. The Morgan fingerprint density at radius 2 is 1.56 bits per heavy atom. The molecular formula is C24H24F2S. The van der Waals surface area contributed by atoms with Gasteiger partial charge in [0.2, 0.25) is 0 Å². The molecular weight excluding hydrogens is 358 g/mol. The monoisotopic (exact) mass is 382 g/mol. The van der Waals surface area contributed by atoms with Crippen molar-refractivity contribution >= 4 is 11.3 Å². The molecule has 4 rings (SSSR count). The van der Waals surface area contributed by atoms with Crippen LogP contribution in [0.4, 0.5) is 8.78 Å². The number of rotatable bonds is 5. The fraction of sp³-hybridized carbons (Fsp3) is 0.333. The van der Waals surface area contributed by atoms with Crippen LogP contribution in [0.2, 0.25) is 0 Å². The van der Waals surface area contributed by atoms with Crippen LogP contribution in [-0.4, -0.2) is 0 Å². The highest BCUT2D eigenvalue weighted by Gasteiger charge is 2.17. The molecule has 0 amide bonds. The Labute approximate surface area is 163 Å². The number of aryl methyl sites for hydroxylation is 1. The van der Waals surface area contributed by atoms with Crippen LogP contribution in [0.15, 0.2) is 48.5 Å². The van der Waals surface area contributed by atoms with Gasteiger partial charge in [0.25, 0.3) is 0 Å². The van der Waals surface area contributed by atoms with Crippen molar-refractivity contribution in [2.24, 2.45) is 5.92 Å². The Bertz CT molecular complexity index is 895. The van der Waals surface area contributed by atoms with Gasteiger partial charge in [-0.15, -0.1) is 11.3 Å². The smallest absolute Gasteiger partial charge is 0.135 e. The third-order valence-electron chi connectivity index (χ3n) is 5.59. The van der Waals surface area contributed by atoms with Crippen LogP contribution in [0.1, 0.15) is 43.0 Å². The van der Waals surface area contributed by atoms with E-state index in [0.29, 0.717) is 10.4 Å². The lowest BCUT2D eigenvalue weighted by atomic mass is 9.95. The van der Waals surface area contributed by atoms with E-state index in [4.69, 9.17) is 0 Å². The summed E-state index contributed by atoms with van der Waals surface area (Å²) in [6, 6.07) is 14.8. The molecule has 1 aromatic heterocycles. The van der Waals surface area contributed by atoms with Gasteiger partial charge >= 0.3 is 0 Å². The van der Waals surface area contributed by atoms with E-state index in [9.17, 15) is 8.78 Å². The third-order valence-corrected chi connectivity index (χ3v) is 6.83. The van der Waals surface area contributed by atoms with Gasteiger partial charge in [-0.05, 0) is 59.7 Å². The van der Waals surface area contributed by atoms with Gasteiger partial charge in [0, 0.05) is 9.75 Å². The molecule has 0 N–H and O–H groups in total. The second-order valence-corrected chi connectivity index (χ2v) is 8.65. The van der Waals surface area contributed by atoms with Gasteiger partial charge < -0.3 is 0 Å². The molecule has 1 aliphatic carbocycles. The maximum Gasteiger partial charge on any atom is 0.135 e.